The van der Waals surface area contributed by atoms with Gasteiger partial charge in [-0.1, -0.05) is 42.8 Å². The summed E-state index contributed by atoms with van der Waals surface area (Å²) >= 11 is 0. The lowest BCUT2D eigenvalue weighted by Crippen LogP contribution is -2.28. The lowest BCUT2D eigenvalue weighted by atomic mass is 10.1. The van der Waals surface area contributed by atoms with E-state index in [2.05, 4.69) is 23.5 Å². The van der Waals surface area contributed by atoms with Crippen LogP contribution >= 0.6 is 0 Å². The molecule has 1 aliphatic rings. The van der Waals surface area contributed by atoms with E-state index in [1.165, 1.54) is 0 Å². The number of oxime groups is 1. The number of aryl methyl sites for hydroxylation is 1. The quantitative estimate of drug-likeness (QED) is 0.642. The van der Waals surface area contributed by atoms with E-state index >= 15 is 0 Å². The summed E-state index contributed by atoms with van der Waals surface area (Å²) in [5.74, 6) is 0. The normalized spacial score (nSPS) is 15.3. The van der Waals surface area contributed by atoms with E-state index < -0.39 is 15.3 Å². The zero-order valence-electron chi connectivity index (χ0n) is 17.2. The first kappa shape index (κ1) is 22.0. The van der Waals surface area contributed by atoms with Crippen LogP contribution in [0.5, 0.6) is 0 Å². The van der Waals surface area contributed by atoms with Gasteiger partial charge in [-0.15, -0.1) is 0 Å². The highest BCUT2D eigenvalue weighted by molar-refractivity contribution is 7.91. The van der Waals surface area contributed by atoms with E-state index in [-0.39, 0.29) is 4.90 Å². The van der Waals surface area contributed by atoms with Crippen LogP contribution in [0.3, 0.4) is 0 Å². The van der Waals surface area contributed by atoms with Crippen molar-refractivity contribution in [2.75, 3.05) is 13.1 Å². The molecule has 1 fully saturated rings. The summed E-state index contributed by atoms with van der Waals surface area (Å²) in [6.07, 6.45) is 4.50. The molecule has 1 N–H and O–H groups in total. The van der Waals surface area contributed by atoms with Gasteiger partial charge in [-0.2, -0.15) is 5.26 Å². The Morgan fingerprint density at radius 2 is 1.90 bits per heavy atom. The fourth-order valence-electron chi connectivity index (χ4n) is 3.33. The van der Waals surface area contributed by atoms with Crippen LogP contribution in [0, 0.1) is 11.3 Å². The fraction of sp³-hybridized carbons (Fsp3) is 0.391. The summed E-state index contributed by atoms with van der Waals surface area (Å²) in [5.41, 5.74) is 1.40. The van der Waals surface area contributed by atoms with Gasteiger partial charge in [-0.05, 0) is 42.7 Å². The third-order valence-electron chi connectivity index (χ3n) is 5.10. The molecule has 0 bridgehead atoms. The van der Waals surface area contributed by atoms with Crippen molar-refractivity contribution in [1.82, 2.24) is 5.32 Å². The van der Waals surface area contributed by atoms with E-state index in [9.17, 15) is 13.7 Å². The lowest BCUT2D eigenvalue weighted by molar-refractivity contribution is 0.113. The van der Waals surface area contributed by atoms with Gasteiger partial charge >= 0.3 is 0 Å². The molecule has 1 saturated heterocycles. The molecule has 30 heavy (non-hydrogen) atoms. The van der Waals surface area contributed by atoms with Crippen LogP contribution in [0.15, 0.2) is 58.6 Å². The second kappa shape index (κ2) is 10.4. The van der Waals surface area contributed by atoms with Gasteiger partial charge in [0.25, 0.3) is 5.44 Å². The summed E-state index contributed by atoms with van der Waals surface area (Å²) < 4.78 is 26.9. The Kier molecular flexibility index (Phi) is 7.61. The highest BCUT2D eigenvalue weighted by Crippen LogP contribution is 2.31. The maximum atomic E-state index is 13.4. The summed E-state index contributed by atoms with van der Waals surface area (Å²) in [6.45, 7) is 3.71. The topological polar surface area (TPSA) is 91.6 Å². The predicted octanol–water partition coefficient (Wildman–Crippen LogP) is 4.13. The van der Waals surface area contributed by atoms with Crippen LogP contribution in [0.25, 0.3) is 0 Å². The first-order valence-electron chi connectivity index (χ1n) is 10.3. The van der Waals surface area contributed by atoms with Crippen LogP contribution in [-0.4, -0.2) is 27.2 Å². The van der Waals surface area contributed by atoms with Crippen molar-refractivity contribution in [3.8, 4) is 6.07 Å². The Morgan fingerprint density at radius 3 is 2.57 bits per heavy atom. The molecule has 0 amide bonds. The number of nitrogens with zero attached hydrogens (tertiary/aromatic N) is 2. The third-order valence-corrected chi connectivity index (χ3v) is 6.95. The number of nitrogens with one attached hydrogen (secondary N) is 1. The number of nitriles is 1. The molecule has 3 rings (SSSR count). The van der Waals surface area contributed by atoms with Crippen molar-refractivity contribution >= 4 is 15.5 Å². The maximum absolute atomic E-state index is 13.4. The minimum absolute atomic E-state index is 0.181. The molecule has 0 aromatic heterocycles. The Bertz CT molecular complexity index is 1020. The summed E-state index contributed by atoms with van der Waals surface area (Å²) in [6, 6.07) is 15.5. The van der Waals surface area contributed by atoms with Crippen molar-refractivity contribution in [2.24, 2.45) is 5.16 Å². The number of hydrogen-bond donors (Lipinski definition) is 1. The van der Waals surface area contributed by atoms with Crippen molar-refractivity contribution in [2.45, 2.75) is 49.4 Å². The molecule has 0 saturated carbocycles. The number of unbranched alkanes of at least 4 members (excludes halogenated alkanes) is 1. The Labute approximate surface area is 178 Å². The minimum atomic E-state index is -3.87. The average Bonchev–Trinajstić information content (AvgIpc) is 2.79. The summed E-state index contributed by atoms with van der Waals surface area (Å²) in [4.78, 5) is 5.83. The van der Waals surface area contributed by atoms with Crippen LogP contribution in [0.1, 0.15) is 54.7 Å². The van der Waals surface area contributed by atoms with E-state index in [0.29, 0.717) is 11.1 Å². The molecule has 7 heteroatoms. The second-order valence-corrected chi connectivity index (χ2v) is 9.36. The van der Waals surface area contributed by atoms with Gasteiger partial charge in [0.2, 0.25) is 9.84 Å². The fourth-order valence-corrected chi connectivity index (χ4v) is 4.75. The number of piperidine rings is 1. The summed E-state index contributed by atoms with van der Waals surface area (Å²) in [7, 11) is -3.87. The van der Waals surface area contributed by atoms with Crippen LogP contribution < -0.4 is 5.32 Å². The molecular weight excluding hydrogens is 398 g/mol. The molecule has 0 radical (unpaired) electrons. The van der Waals surface area contributed by atoms with Crippen molar-refractivity contribution < 1.29 is 13.3 Å². The molecule has 1 heterocycles. The van der Waals surface area contributed by atoms with Crippen LogP contribution in [0.2, 0.25) is 0 Å². The van der Waals surface area contributed by atoms with Crippen molar-refractivity contribution in [3.63, 3.8) is 0 Å². The lowest BCUT2D eigenvalue weighted by Gasteiger charge is -2.19. The van der Waals surface area contributed by atoms with E-state index in [1.54, 1.807) is 36.4 Å². The first-order chi connectivity index (χ1) is 14.5. The van der Waals surface area contributed by atoms with E-state index in [0.717, 1.165) is 56.5 Å². The molecule has 0 aliphatic carbocycles. The molecule has 158 valence electrons. The highest BCUT2D eigenvalue weighted by atomic mass is 32.2. The van der Waals surface area contributed by atoms with Crippen LogP contribution in [-0.2, 0) is 21.1 Å². The van der Waals surface area contributed by atoms with E-state index in [4.69, 9.17) is 4.84 Å². The van der Waals surface area contributed by atoms with Crippen LogP contribution in [0.4, 0.5) is 0 Å². The molecule has 6 nitrogen and oxygen atoms in total. The van der Waals surface area contributed by atoms with Gasteiger partial charge in [0.15, 0.2) is 0 Å². The summed E-state index contributed by atoms with van der Waals surface area (Å²) in [5, 5.41) is 16.6. The van der Waals surface area contributed by atoms with Crippen molar-refractivity contribution in [1.29, 1.82) is 5.26 Å². The van der Waals surface area contributed by atoms with Gasteiger partial charge in [0, 0.05) is 31.5 Å². The highest BCUT2D eigenvalue weighted by Gasteiger charge is 2.32. The van der Waals surface area contributed by atoms with Gasteiger partial charge in [-0.25, -0.2) is 8.42 Å². The molecular formula is C23H27N3O3S. The van der Waals surface area contributed by atoms with Gasteiger partial charge < -0.3 is 10.2 Å². The zero-order valence-corrected chi connectivity index (χ0v) is 18.0. The largest absolute Gasteiger partial charge is 0.371 e. The molecule has 1 aliphatic heterocycles. The number of rotatable bonds is 8. The standard InChI is InChI=1S/C23H27N3O3S/c1-2-3-5-18-8-10-22(11-9-18)30(27,28)23(20-7-4-6-19(16-20)17-24)29-26-21-12-14-25-15-13-21/h4,6-11,16,23,25H,2-3,5,12-15H2,1H3. The molecule has 2 aromatic rings. The molecule has 0 spiro atoms. The Balaban J connectivity index is 1.93. The monoisotopic (exact) mass is 425 g/mol. The predicted molar refractivity (Wildman–Crippen MR) is 117 cm³/mol. The zero-order chi connectivity index (χ0) is 21.4. The van der Waals surface area contributed by atoms with Crippen molar-refractivity contribution in [3.05, 3.63) is 65.2 Å². The Morgan fingerprint density at radius 1 is 1.17 bits per heavy atom. The number of benzene rings is 2. The Hall–Kier alpha value is -2.69. The number of sulfone groups is 1. The SMILES string of the molecule is CCCCc1ccc(S(=O)(=O)C(ON=C2CCNCC2)c2cccc(C#N)c2)cc1. The maximum Gasteiger partial charge on any atom is 0.256 e. The smallest absolute Gasteiger partial charge is 0.256 e. The molecule has 1 atom stereocenters. The molecule has 1 unspecified atom stereocenters. The van der Waals surface area contributed by atoms with Gasteiger partial charge in [0.05, 0.1) is 22.2 Å². The molecule has 2 aromatic carbocycles. The second-order valence-electron chi connectivity index (χ2n) is 7.37. The first-order valence-corrected chi connectivity index (χ1v) is 11.8. The van der Waals surface area contributed by atoms with E-state index in [1.807, 2.05) is 12.1 Å². The number of hydrogen-bond acceptors (Lipinski definition) is 6. The minimum Gasteiger partial charge on any atom is -0.371 e. The van der Waals surface area contributed by atoms with Gasteiger partial charge in [-0.3, -0.25) is 0 Å². The van der Waals surface area contributed by atoms with Gasteiger partial charge in [0.1, 0.15) is 0 Å². The average molecular weight is 426 g/mol. The third kappa shape index (κ3) is 5.47.